The molecule has 0 radical (unpaired) electrons. The van der Waals surface area contributed by atoms with Gasteiger partial charge in [0.2, 0.25) is 0 Å². The van der Waals surface area contributed by atoms with E-state index in [1.165, 1.54) is 23.5 Å². The molecule has 1 aromatic carbocycles. The van der Waals surface area contributed by atoms with Crippen molar-refractivity contribution in [3.63, 3.8) is 0 Å². The molecule has 2 aromatic rings. The van der Waals surface area contributed by atoms with Gasteiger partial charge in [0.1, 0.15) is 5.75 Å². The van der Waals surface area contributed by atoms with E-state index in [9.17, 15) is 13.2 Å². The van der Waals surface area contributed by atoms with Gasteiger partial charge in [-0.1, -0.05) is 18.2 Å². The third-order valence-electron chi connectivity index (χ3n) is 2.78. The summed E-state index contributed by atoms with van der Waals surface area (Å²) in [4.78, 5) is 0.792. The molecular formula is C13H12BrF3N2OS. The molecular weight excluding hydrogens is 369 g/mol. The Morgan fingerprint density at radius 1 is 1.33 bits per heavy atom. The van der Waals surface area contributed by atoms with Crippen molar-refractivity contribution in [2.45, 2.75) is 19.3 Å². The predicted octanol–water partition coefficient (Wildman–Crippen LogP) is 4.27. The number of aryl methyl sites for hydroxylation is 1. The topological polar surface area (TPSA) is 47.3 Å². The molecule has 114 valence electrons. The molecule has 21 heavy (non-hydrogen) atoms. The summed E-state index contributed by atoms with van der Waals surface area (Å²) in [6.07, 6.45) is -4.75. The SMILES string of the molecule is Cc1cc(C(NN)c2ccccc2OC(F)(F)F)sc1Br. The summed E-state index contributed by atoms with van der Waals surface area (Å²) < 4.78 is 42.4. The minimum atomic E-state index is -4.75. The normalized spacial score (nSPS) is 13.2. The van der Waals surface area contributed by atoms with Crippen LogP contribution < -0.4 is 16.0 Å². The molecule has 0 bridgehead atoms. The molecule has 1 aromatic heterocycles. The Labute approximate surface area is 132 Å². The Morgan fingerprint density at radius 3 is 2.52 bits per heavy atom. The standard InChI is InChI=1S/C13H12BrF3N2OS/c1-7-6-10(21-12(7)14)11(19-18)8-4-2-3-5-9(8)20-13(15,16)17/h2-6,11,19H,18H2,1H3. The number of nitrogens with two attached hydrogens (primary N) is 1. The maximum atomic E-state index is 12.5. The van der Waals surface area contributed by atoms with Crippen molar-refractivity contribution in [1.82, 2.24) is 5.43 Å². The number of hydrogen-bond acceptors (Lipinski definition) is 4. The molecule has 0 spiro atoms. The van der Waals surface area contributed by atoms with Gasteiger partial charge in [0, 0.05) is 10.4 Å². The predicted molar refractivity (Wildman–Crippen MR) is 79.0 cm³/mol. The van der Waals surface area contributed by atoms with Gasteiger partial charge in [-0.15, -0.1) is 24.5 Å². The molecule has 0 fully saturated rings. The van der Waals surface area contributed by atoms with Gasteiger partial charge in [0.15, 0.2) is 0 Å². The van der Waals surface area contributed by atoms with Crippen molar-refractivity contribution in [2.24, 2.45) is 5.84 Å². The fourth-order valence-corrected chi connectivity index (χ4v) is 3.54. The Kier molecular flexibility index (Phi) is 4.92. The van der Waals surface area contributed by atoms with Crippen molar-refractivity contribution < 1.29 is 17.9 Å². The maximum Gasteiger partial charge on any atom is 0.573 e. The van der Waals surface area contributed by atoms with Crippen molar-refractivity contribution in [1.29, 1.82) is 0 Å². The Hall–Kier alpha value is -1.09. The zero-order chi connectivity index (χ0) is 15.6. The zero-order valence-corrected chi connectivity index (χ0v) is 13.3. The number of hydrazine groups is 1. The summed E-state index contributed by atoms with van der Waals surface area (Å²) in [6.45, 7) is 1.90. The molecule has 1 heterocycles. The second-order valence-electron chi connectivity index (χ2n) is 4.29. The molecule has 1 atom stereocenters. The van der Waals surface area contributed by atoms with Gasteiger partial charge in [-0.05, 0) is 40.5 Å². The van der Waals surface area contributed by atoms with Crippen LogP contribution in [0.3, 0.4) is 0 Å². The van der Waals surface area contributed by atoms with Crippen molar-refractivity contribution >= 4 is 27.3 Å². The highest BCUT2D eigenvalue weighted by Crippen LogP contribution is 2.38. The lowest BCUT2D eigenvalue weighted by molar-refractivity contribution is -0.275. The van der Waals surface area contributed by atoms with E-state index in [0.717, 1.165) is 14.2 Å². The lowest BCUT2D eigenvalue weighted by atomic mass is 10.0. The van der Waals surface area contributed by atoms with Gasteiger partial charge in [-0.2, -0.15) is 0 Å². The van der Waals surface area contributed by atoms with Crippen LogP contribution in [-0.4, -0.2) is 6.36 Å². The van der Waals surface area contributed by atoms with Crippen molar-refractivity contribution in [2.75, 3.05) is 0 Å². The summed E-state index contributed by atoms with van der Waals surface area (Å²) in [5.41, 5.74) is 3.86. The second kappa shape index (κ2) is 6.35. The molecule has 0 aliphatic rings. The first-order valence-corrected chi connectivity index (χ1v) is 7.49. The van der Waals surface area contributed by atoms with E-state index in [1.807, 2.05) is 13.0 Å². The van der Waals surface area contributed by atoms with E-state index >= 15 is 0 Å². The number of ether oxygens (including phenoxy) is 1. The van der Waals surface area contributed by atoms with Crippen LogP contribution in [0.15, 0.2) is 34.1 Å². The fourth-order valence-electron chi connectivity index (χ4n) is 1.89. The van der Waals surface area contributed by atoms with E-state index in [0.29, 0.717) is 5.56 Å². The average molecular weight is 381 g/mol. The average Bonchev–Trinajstić information content (AvgIpc) is 2.70. The fraction of sp³-hybridized carbons (Fsp3) is 0.231. The minimum absolute atomic E-state index is 0.268. The second-order valence-corrected chi connectivity index (χ2v) is 6.69. The third-order valence-corrected chi connectivity index (χ3v) is 4.98. The van der Waals surface area contributed by atoms with Crippen LogP contribution in [0.1, 0.15) is 22.0 Å². The van der Waals surface area contributed by atoms with Crippen LogP contribution in [0.2, 0.25) is 0 Å². The highest BCUT2D eigenvalue weighted by atomic mass is 79.9. The van der Waals surface area contributed by atoms with Gasteiger partial charge in [0.05, 0.1) is 9.83 Å². The lowest BCUT2D eigenvalue weighted by Crippen LogP contribution is -2.29. The number of thiophene rings is 1. The zero-order valence-electron chi connectivity index (χ0n) is 10.9. The maximum absolute atomic E-state index is 12.5. The van der Waals surface area contributed by atoms with E-state index in [-0.39, 0.29) is 5.75 Å². The highest BCUT2D eigenvalue weighted by Gasteiger charge is 2.33. The van der Waals surface area contributed by atoms with Crippen LogP contribution in [0, 0.1) is 6.92 Å². The van der Waals surface area contributed by atoms with Gasteiger partial charge < -0.3 is 4.74 Å². The number of hydrogen-bond donors (Lipinski definition) is 2. The van der Waals surface area contributed by atoms with Gasteiger partial charge in [-0.25, -0.2) is 5.43 Å². The van der Waals surface area contributed by atoms with E-state index in [1.54, 1.807) is 12.1 Å². The minimum Gasteiger partial charge on any atom is -0.405 e. The molecule has 3 nitrogen and oxygen atoms in total. The number of alkyl halides is 3. The van der Waals surface area contributed by atoms with Gasteiger partial charge >= 0.3 is 6.36 Å². The van der Waals surface area contributed by atoms with E-state index in [2.05, 4.69) is 26.1 Å². The summed E-state index contributed by atoms with van der Waals surface area (Å²) in [5, 5.41) is 0. The molecule has 3 N–H and O–H groups in total. The molecule has 0 aliphatic carbocycles. The van der Waals surface area contributed by atoms with Crippen molar-refractivity contribution in [3.8, 4) is 5.75 Å². The van der Waals surface area contributed by atoms with Gasteiger partial charge in [0.25, 0.3) is 0 Å². The third kappa shape index (κ3) is 3.97. The molecule has 0 saturated heterocycles. The smallest absolute Gasteiger partial charge is 0.405 e. The summed E-state index contributed by atoms with van der Waals surface area (Å²) in [5.74, 6) is 5.26. The molecule has 2 rings (SSSR count). The monoisotopic (exact) mass is 380 g/mol. The Morgan fingerprint density at radius 2 is 2.00 bits per heavy atom. The number of halogens is 4. The number of para-hydroxylation sites is 1. The first-order valence-electron chi connectivity index (χ1n) is 5.88. The molecule has 0 amide bonds. The van der Waals surface area contributed by atoms with E-state index in [4.69, 9.17) is 5.84 Å². The molecule has 1 unspecified atom stereocenters. The molecule has 0 aliphatic heterocycles. The van der Waals surface area contributed by atoms with Gasteiger partial charge in [-0.3, -0.25) is 5.84 Å². The quantitative estimate of drug-likeness (QED) is 0.614. The highest BCUT2D eigenvalue weighted by molar-refractivity contribution is 9.11. The number of nitrogens with one attached hydrogen (secondary N) is 1. The van der Waals surface area contributed by atoms with Crippen LogP contribution in [0.4, 0.5) is 13.2 Å². The first-order chi connectivity index (χ1) is 9.81. The molecule has 8 heteroatoms. The number of rotatable bonds is 4. The van der Waals surface area contributed by atoms with Crippen LogP contribution >= 0.6 is 27.3 Å². The van der Waals surface area contributed by atoms with Crippen LogP contribution in [0.5, 0.6) is 5.75 Å². The Bertz CT molecular complexity index is 611. The summed E-state index contributed by atoms with van der Waals surface area (Å²) in [6, 6.07) is 7.21. The van der Waals surface area contributed by atoms with Crippen LogP contribution in [-0.2, 0) is 0 Å². The van der Waals surface area contributed by atoms with Crippen LogP contribution in [0.25, 0.3) is 0 Å². The van der Waals surface area contributed by atoms with E-state index < -0.39 is 12.4 Å². The first kappa shape index (κ1) is 16.3. The summed E-state index contributed by atoms with van der Waals surface area (Å²) >= 11 is 4.80. The lowest BCUT2D eigenvalue weighted by Gasteiger charge is -2.19. The van der Waals surface area contributed by atoms with Crippen molar-refractivity contribution in [3.05, 3.63) is 50.1 Å². The number of benzene rings is 1. The Balaban J connectivity index is 2.43. The largest absolute Gasteiger partial charge is 0.573 e. The molecule has 0 saturated carbocycles. The summed E-state index contributed by atoms with van der Waals surface area (Å²) in [7, 11) is 0.